The fourth-order valence-corrected chi connectivity index (χ4v) is 1.66. The summed E-state index contributed by atoms with van der Waals surface area (Å²) in [7, 11) is -0.202. The number of nitrogens with one attached hydrogen (secondary N) is 1. The zero-order chi connectivity index (χ0) is 14.0. The van der Waals surface area contributed by atoms with Crippen LogP contribution in [0.2, 0.25) is 0 Å². The average Bonchev–Trinajstić information content (AvgIpc) is 2.87. The van der Waals surface area contributed by atoms with Crippen LogP contribution in [0.25, 0.3) is 11.3 Å². The topological polar surface area (TPSA) is 134 Å². The van der Waals surface area contributed by atoms with Gasteiger partial charge in [0.25, 0.3) is 5.91 Å². The van der Waals surface area contributed by atoms with Gasteiger partial charge in [-0.1, -0.05) is 6.07 Å². The molecule has 0 saturated heterocycles. The maximum atomic E-state index is 11.2. The summed E-state index contributed by atoms with van der Waals surface area (Å²) < 4.78 is 5.14. The fourth-order valence-electron chi connectivity index (χ4n) is 1.66. The lowest BCUT2D eigenvalue weighted by atomic mass is 9.79. The molecule has 0 saturated carbocycles. The molecule has 0 aliphatic heterocycles. The molecule has 0 unspecified atom stereocenters. The first-order chi connectivity index (χ1) is 9.04. The number of aromatic nitrogens is 3. The van der Waals surface area contributed by atoms with Gasteiger partial charge in [-0.3, -0.25) is 4.79 Å². The van der Waals surface area contributed by atoms with Crippen molar-refractivity contribution in [1.82, 2.24) is 15.4 Å². The SMILES string of the molecule is COc1ccc(B(O)O)cc1-c1n[nH]nc1C(N)=O. The van der Waals surface area contributed by atoms with E-state index in [4.69, 9.17) is 20.5 Å². The van der Waals surface area contributed by atoms with Crippen molar-refractivity contribution < 1.29 is 19.6 Å². The van der Waals surface area contributed by atoms with Crippen LogP contribution < -0.4 is 15.9 Å². The molecule has 19 heavy (non-hydrogen) atoms. The standard InChI is InChI=1S/C10H11BN4O4/c1-19-7-3-2-5(11(17)18)4-6(7)8-9(10(12)16)14-15-13-8/h2-4,17-18H,1H3,(H2,12,16)(H,13,14,15). The number of methoxy groups -OCH3 is 1. The number of carbonyl (C=O) groups excluding carboxylic acids is 1. The molecular weight excluding hydrogens is 251 g/mol. The Morgan fingerprint density at radius 3 is 2.74 bits per heavy atom. The lowest BCUT2D eigenvalue weighted by Crippen LogP contribution is -2.29. The third kappa shape index (κ3) is 2.42. The van der Waals surface area contributed by atoms with Crippen LogP contribution in [0.5, 0.6) is 5.75 Å². The molecule has 1 aromatic carbocycles. The quantitative estimate of drug-likeness (QED) is 0.483. The summed E-state index contributed by atoms with van der Waals surface area (Å²) in [5.41, 5.74) is 5.93. The van der Waals surface area contributed by atoms with Gasteiger partial charge in [-0.2, -0.15) is 15.4 Å². The van der Waals surface area contributed by atoms with Crippen molar-refractivity contribution in [2.75, 3.05) is 7.11 Å². The Labute approximate surface area is 108 Å². The van der Waals surface area contributed by atoms with E-state index in [9.17, 15) is 4.79 Å². The highest BCUT2D eigenvalue weighted by atomic mass is 16.5. The van der Waals surface area contributed by atoms with Crippen LogP contribution in [0, 0.1) is 0 Å². The number of carbonyl (C=O) groups is 1. The molecule has 0 aliphatic rings. The van der Waals surface area contributed by atoms with E-state index in [0.29, 0.717) is 11.3 Å². The van der Waals surface area contributed by atoms with Gasteiger partial charge in [0.2, 0.25) is 0 Å². The summed E-state index contributed by atoms with van der Waals surface area (Å²) in [5, 5.41) is 28.1. The van der Waals surface area contributed by atoms with Crippen LogP contribution in [0.3, 0.4) is 0 Å². The number of aromatic amines is 1. The highest BCUT2D eigenvalue weighted by molar-refractivity contribution is 6.58. The predicted octanol–water partition coefficient (Wildman–Crippen LogP) is -1.74. The number of nitrogens with zero attached hydrogens (tertiary/aromatic N) is 2. The van der Waals surface area contributed by atoms with E-state index in [0.717, 1.165) is 0 Å². The van der Waals surface area contributed by atoms with Crippen LogP contribution in [0.1, 0.15) is 10.5 Å². The molecule has 1 aromatic heterocycles. The summed E-state index contributed by atoms with van der Waals surface area (Å²) in [6.45, 7) is 0. The molecule has 98 valence electrons. The Morgan fingerprint density at radius 1 is 1.42 bits per heavy atom. The first-order valence-electron chi connectivity index (χ1n) is 5.29. The fraction of sp³-hybridized carbons (Fsp3) is 0.100. The maximum Gasteiger partial charge on any atom is 0.488 e. The van der Waals surface area contributed by atoms with Crippen molar-refractivity contribution >= 4 is 18.5 Å². The highest BCUT2D eigenvalue weighted by Gasteiger charge is 2.21. The molecule has 2 rings (SSSR count). The average molecular weight is 262 g/mol. The van der Waals surface area contributed by atoms with Crippen molar-refractivity contribution in [1.29, 1.82) is 0 Å². The summed E-state index contributed by atoms with van der Waals surface area (Å²) in [4.78, 5) is 11.2. The molecular formula is C10H11BN4O4. The number of H-pyrrole nitrogens is 1. The van der Waals surface area contributed by atoms with Crippen LogP contribution in [0.4, 0.5) is 0 Å². The Balaban J connectivity index is 2.62. The van der Waals surface area contributed by atoms with Crippen LogP contribution >= 0.6 is 0 Å². The molecule has 0 radical (unpaired) electrons. The number of hydrogen-bond acceptors (Lipinski definition) is 6. The van der Waals surface area contributed by atoms with Gasteiger partial charge >= 0.3 is 7.12 Å². The lowest BCUT2D eigenvalue weighted by molar-refractivity contribution is 0.0996. The number of primary amides is 1. The molecule has 1 heterocycles. The van der Waals surface area contributed by atoms with Gasteiger partial charge in [-0.15, -0.1) is 0 Å². The van der Waals surface area contributed by atoms with Crippen molar-refractivity contribution in [3.63, 3.8) is 0 Å². The number of hydrogen-bond donors (Lipinski definition) is 4. The van der Waals surface area contributed by atoms with E-state index in [1.54, 1.807) is 0 Å². The molecule has 0 aliphatic carbocycles. The number of amides is 1. The van der Waals surface area contributed by atoms with Crippen molar-refractivity contribution in [3.8, 4) is 17.0 Å². The Bertz CT molecular complexity index is 613. The monoisotopic (exact) mass is 262 g/mol. The number of ether oxygens (including phenoxy) is 1. The van der Waals surface area contributed by atoms with E-state index in [2.05, 4.69) is 15.4 Å². The summed E-state index contributed by atoms with van der Waals surface area (Å²) >= 11 is 0. The second kappa shape index (κ2) is 5.08. The van der Waals surface area contributed by atoms with E-state index < -0.39 is 13.0 Å². The van der Waals surface area contributed by atoms with Crippen LogP contribution in [-0.4, -0.2) is 45.6 Å². The summed E-state index contributed by atoms with van der Waals surface area (Å²) in [5.74, 6) is -0.346. The third-order valence-electron chi connectivity index (χ3n) is 2.56. The predicted molar refractivity (Wildman–Crippen MR) is 66.7 cm³/mol. The van der Waals surface area contributed by atoms with E-state index in [1.165, 1.54) is 25.3 Å². The summed E-state index contributed by atoms with van der Waals surface area (Å²) in [6, 6.07) is 4.45. The minimum Gasteiger partial charge on any atom is -0.496 e. The molecule has 0 spiro atoms. The molecule has 0 bridgehead atoms. The van der Waals surface area contributed by atoms with Gasteiger partial charge in [-0.25, -0.2) is 0 Å². The minimum absolute atomic E-state index is 0.0529. The molecule has 2 aromatic rings. The zero-order valence-corrected chi connectivity index (χ0v) is 9.99. The van der Waals surface area contributed by atoms with Gasteiger partial charge < -0.3 is 20.5 Å². The highest BCUT2D eigenvalue weighted by Crippen LogP contribution is 2.28. The first kappa shape index (κ1) is 13.1. The number of benzene rings is 1. The van der Waals surface area contributed by atoms with Crippen molar-refractivity contribution in [2.45, 2.75) is 0 Å². The Morgan fingerprint density at radius 2 is 2.16 bits per heavy atom. The largest absolute Gasteiger partial charge is 0.496 e. The van der Waals surface area contributed by atoms with Crippen molar-refractivity contribution in [3.05, 3.63) is 23.9 Å². The van der Waals surface area contributed by atoms with Crippen LogP contribution in [-0.2, 0) is 0 Å². The van der Waals surface area contributed by atoms with Gasteiger partial charge in [-0.05, 0) is 17.6 Å². The van der Waals surface area contributed by atoms with Crippen LogP contribution in [0.15, 0.2) is 18.2 Å². The second-order valence-electron chi connectivity index (χ2n) is 3.72. The van der Waals surface area contributed by atoms with Gasteiger partial charge in [0.1, 0.15) is 11.4 Å². The Hall–Kier alpha value is -2.39. The molecule has 9 heteroatoms. The molecule has 8 nitrogen and oxygen atoms in total. The smallest absolute Gasteiger partial charge is 0.488 e. The second-order valence-corrected chi connectivity index (χ2v) is 3.72. The molecule has 5 N–H and O–H groups in total. The third-order valence-corrected chi connectivity index (χ3v) is 2.56. The Kier molecular flexibility index (Phi) is 3.49. The lowest BCUT2D eigenvalue weighted by Gasteiger charge is -2.09. The molecule has 0 atom stereocenters. The van der Waals surface area contributed by atoms with Gasteiger partial charge in [0.15, 0.2) is 5.69 Å². The maximum absolute atomic E-state index is 11.2. The number of nitrogens with two attached hydrogens (primary N) is 1. The first-order valence-corrected chi connectivity index (χ1v) is 5.29. The molecule has 1 amide bonds. The van der Waals surface area contributed by atoms with Crippen molar-refractivity contribution in [2.24, 2.45) is 5.73 Å². The zero-order valence-electron chi connectivity index (χ0n) is 9.99. The van der Waals surface area contributed by atoms with Gasteiger partial charge in [0.05, 0.1) is 7.11 Å². The molecule has 0 fully saturated rings. The van der Waals surface area contributed by atoms with E-state index in [1.807, 2.05) is 0 Å². The minimum atomic E-state index is -1.64. The summed E-state index contributed by atoms with van der Waals surface area (Å²) in [6.07, 6.45) is 0. The number of rotatable bonds is 4. The van der Waals surface area contributed by atoms with Gasteiger partial charge in [0, 0.05) is 5.56 Å². The van der Waals surface area contributed by atoms with E-state index in [-0.39, 0.29) is 16.9 Å². The van der Waals surface area contributed by atoms with E-state index >= 15 is 0 Å². The normalized spacial score (nSPS) is 10.3.